The fourth-order valence-electron chi connectivity index (χ4n) is 2.47. The number of hydrogen-bond donors (Lipinski definition) is 2. The molecule has 0 saturated heterocycles. The van der Waals surface area contributed by atoms with Crippen LogP contribution in [0.25, 0.3) is 0 Å². The van der Waals surface area contributed by atoms with Crippen LogP contribution < -0.4 is 10.6 Å². The fourth-order valence-corrected chi connectivity index (χ4v) is 2.47. The van der Waals surface area contributed by atoms with Gasteiger partial charge in [-0.25, -0.2) is 4.98 Å². The lowest BCUT2D eigenvalue weighted by Crippen LogP contribution is -2.30. The van der Waals surface area contributed by atoms with E-state index in [-0.39, 0.29) is 18.2 Å². The van der Waals surface area contributed by atoms with Gasteiger partial charge in [-0.1, -0.05) is 24.3 Å². The van der Waals surface area contributed by atoms with E-state index < -0.39 is 5.92 Å². The maximum atomic E-state index is 12.5. The number of anilines is 2. The van der Waals surface area contributed by atoms with Crippen LogP contribution in [0.3, 0.4) is 0 Å². The highest BCUT2D eigenvalue weighted by molar-refractivity contribution is 6.04. The minimum atomic E-state index is -0.489. The molecule has 2 aromatic rings. The summed E-state index contributed by atoms with van der Waals surface area (Å²) in [5.41, 5.74) is 2.36. The van der Waals surface area contributed by atoms with Gasteiger partial charge in [0.05, 0.1) is 5.92 Å². The molecule has 2 heterocycles. The second-order valence-electron chi connectivity index (χ2n) is 5.05. The van der Waals surface area contributed by atoms with E-state index in [0.29, 0.717) is 11.5 Å². The number of pyridine rings is 1. The van der Waals surface area contributed by atoms with Crippen molar-refractivity contribution in [1.29, 1.82) is 0 Å². The Labute approximate surface area is 122 Å². The number of carbonyl (C=O) groups is 2. The summed E-state index contributed by atoms with van der Waals surface area (Å²) in [7, 11) is 0. The molecule has 1 aliphatic rings. The van der Waals surface area contributed by atoms with Crippen molar-refractivity contribution in [1.82, 2.24) is 4.98 Å². The molecule has 5 nitrogen and oxygen atoms in total. The molecule has 0 fully saturated rings. The number of carbonyl (C=O) groups excluding carboxylic acids is 2. The predicted molar refractivity (Wildman–Crippen MR) is 80.0 cm³/mol. The van der Waals surface area contributed by atoms with Gasteiger partial charge in [0.1, 0.15) is 5.82 Å². The summed E-state index contributed by atoms with van der Waals surface area (Å²) in [6, 6.07) is 12.8. The Morgan fingerprint density at radius 3 is 2.86 bits per heavy atom. The van der Waals surface area contributed by atoms with E-state index in [0.717, 1.165) is 11.3 Å². The normalized spacial score (nSPS) is 16.8. The molecule has 2 N–H and O–H groups in total. The van der Waals surface area contributed by atoms with Crippen LogP contribution in [-0.2, 0) is 9.59 Å². The lowest BCUT2D eigenvalue weighted by molar-refractivity contribution is -0.123. The van der Waals surface area contributed by atoms with Crippen molar-refractivity contribution >= 4 is 23.3 Å². The van der Waals surface area contributed by atoms with Gasteiger partial charge in [0.15, 0.2) is 0 Å². The van der Waals surface area contributed by atoms with Gasteiger partial charge in [-0.2, -0.15) is 0 Å². The van der Waals surface area contributed by atoms with Crippen molar-refractivity contribution in [2.45, 2.75) is 19.3 Å². The highest BCUT2D eigenvalue weighted by Crippen LogP contribution is 2.32. The Morgan fingerprint density at radius 2 is 2.05 bits per heavy atom. The summed E-state index contributed by atoms with van der Waals surface area (Å²) < 4.78 is 0. The Kier molecular flexibility index (Phi) is 3.39. The molecule has 0 radical (unpaired) electrons. The van der Waals surface area contributed by atoms with Crippen molar-refractivity contribution in [2.24, 2.45) is 0 Å². The van der Waals surface area contributed by atoms with E-state index in [9.17, 15) is 9.59 Å². The molecule has 0 bridgehead atoms. The van der Waals surface area contributed by atoms with Crippen molar-refractivity contribution in [3.05, 3.63) is 53.7 Å². The Morgan fingerprint density at radius 1 is 1.24 bits per heavy atom. The highest BCUT2D eigenvalue weighted by Gasteiger charge is 2.30. The van der Waals surface area contributed by atoms with E-state index in [4.69, 9.17) is 0 Å². The summed E-state index contributed by atoms with van der Waals surface area (Å²) >= 11 is 0. The number of amides is 2. The molecule has 0 aliphatic carbocycles. The second kappa shape index (κ2) is 5.36. The van der Waals surface area contributed by atoms with Crippen LogP contribution in [0, 0.1) is 6.92 Å². The van der Waals surface area contributed by atoms with Gasteiger partial charge in [0, 0.05) is 17.8 Å². The third-order valence-corrected chi connectivity index (χ3v) is 3.46. The molecule has 2 amide bonds. The zero-order valence-corrected chi connectivity index (χ0v) is 11.6. The molecule has 1 unspecified atom stereocenters. The first-order valence-electron chi connectivity index (χ1n) is 6.77. The summed E-state index contributed by atoms with van der Waals surface area (Å²) in [4.78, 5) is 28.4. The standard InChI is InChI=1S/C16H15N3O2/c1-10-5-4-8-14(17-10)19-16(21)12-9-15(20)18-13-7-3-2-6-11(12)13/h2-8,12H,9H2,1H3,(H,18,20)(H,17,19,21). The Bertz CT molecular complexity index is 712. The van der Waals surface area contributed by atoms with Crippen LogP contribution in [0.1, 0.15) is 23.6 Å². The predicted octanol–water partition coefficient (Wildman–Crippen LogP) is 2.45. The van der Waals surface area contributed by atoms with Crippen molar-refractivity contribution in [3.63, 3.8) is 0 Å². The number of para-hydroxylation sites is 1. The first-order chi connectivity index (χ1) is 10.1. The molecule has 0 spiro atoms. The number of benzene rings is 1. The Hall–Kier alpha value is -2.69. The molecule has 1 aromatic heterocycles. The number of rotatable bonds is 2. The second-order valence-corrected chi connectivity index (χ2v) is 5.05. The van der Waals surface area contributed by atoms with Crippen LogP contribution in [0.5, 0.6) is 0 Å². The molecule has 21 heavy (non-hydrogen) atoms. The Balaban J connectivity index is 1.86. The highest BCUT2D eigenvalue weighted by atomic mass is 16.2. The molecule has 1 aromatic carbocycles. The van der Waals surface area contributed by atoms with Gasteiger partial charge < -0.3 is 10.6 Å². The van der Waals surface area contributed by atoms with E-state index in [1.54, 1.807) is 12.1 Å². The van der Waals surface area contributed by atoms with Crippen molar-refractivity contribution < 1.29 is 9.59 Å². The van der Waals surface area contributed by atoms with Gasteiger partial charge in [0.2, 0.25) is 11.8 Å². The largest absolute Gasteiger partial charge is 0.326 e. The van der Waals surface area contributed by atoms with E-state index in [1.807, 2.05) is 37.3 Å². The third kappa shape index (κ3) is 2.76. The molecule has 1 atom stereocenters. The average molecular weight is 281 g/mol. The van der Waals surface area contributed by atoms with Crippen molar-refractivity contribution in [2.75, 3.05) is 10.6 Å². The molecule has 3 rings (SSSR count). The van der Waals surface area contributed by atoms with Crippen LogP contribution in [0.4, 0.5) is 11.5 Å². The van der Waals surface area contributed by atoms with E-state index in [1.165, 1.54) is 0 Å². The smallest absolute Gasteiger partial charge is 0.233 e. The molecular weight excluding hydrogens is 266 g/mol. The first kappa shape index (κ1) is 13.3. The number of aryl methyl sites for hydroxylation is 1. The molecule has 5 heteroatoms. The first-order valence-corrected chi connectivity index (χ1v) is 6.77. The SMILES string of the molecule is Cc1cccc(NC(=O)C2CC(=O)Nc3ccccc32)n1. The minimum absolute atomic E-state index is 0.147. The lowest BCUT2D eigenvalue weighted by atomic mass is 9.90. The maximum absolute atomic E-state index is 12.5. The summed E-state index contributed by atoms with van der Waals surface area (Å²) in [6.45, 7) is 1.86. The number of aromatic nitrogens is 1. The monoisotopic (exact) mass is 281 g/mol. The zero-order valence-electron chi connectivity index (χ0n) is 11.6. The summed E-state index contributed by atoms with van der Waals surface area (Å²) in [5, 5.41) is 5.57. The van der Waals surface area contributed by atoms with Crippen LogP contribution >= 0.6 is 0 Å². The third-order valence-electron chi connectivity index (χ3n) is 3.46. The number of nitrogens with zero attached hydrogens (tertiary/aromatic N) is 1. The molecular formula is C16H15N3O2. The van der Waals surface area contributed by atoms with Crippen LogP contribution in [0.15, 0.2) is 42.5 Å². The van der Waals surface area contributed by atoms with Gasteiger partial charge in [0.25, 0.3) is 0 Å². The molecule has 0 saturated carbocycles. The fraction of sp³-hybridized carbons (Fsp3) is 0.188. The number of nitrogens with one attached hydrogen (secondary N) is 2. The topological polar surface area (TPSA) is 71.1 Å². The van der Waals surface area contributed by atoms with Crippen molar-refractivity contribution in [3.8, 4) is 0 Å². The van der Waals surface area contributed by atoms with Crippen LogP contribution in [-0.4, -0.2) is 16.8 Å². The zero-order chi connectivity index (χ0) is 14.8. The lowest BCUT2D eigenvalue weighted by Gasteiger charge is -2.24. The van der Waals surface area contributed by atoms with Gasteiger partial charge in [-0.05, 0) is 30.7 Å². The van der Waals surface area contributed by atoms with E-state index in [2.05, 4.69) is 15.6 Å². The number of hydrogen-bond acceptors (Lipinski definition) is 3. The summed E-state index contributed by atoms with van der Waals surface area (Å²) in [6.07, 6.45) is 0.147. The minimum Gasteiger partial charge on any atom is -0.326 e. The van der Waals surface area contributed by atoms with Gasteiger partial charge >= 0.3 is 0 Å². The quantitative estimate of drug-likeness (QED) is 0.888. The molecule has 1 aliphatic heterocycles. The average Bonchev–Trinajstić information content (AvgIpc) is 2.46. The van der Waals surface area contributed by atoms with E-state index >= 15 is 0 Å². The maximum Gasteiger partial charge on any atom is 0.233 e. The van der Waals surface area contributed by atoms with Gasteiger partial charge in [-0.3, -0.25) is 9.59 Å². The van der Waals surface area contributed by atoms with Gasteiger partial charge in [-0.15, -0.1) is 0 Å². The van der Waals surface area contributed by atoms with Crippen LogP contribution in [0.2, 0.25) is 0 Å². The summed E-state index contributed by atoms with van der Waals surface area (Å²) in [5.74, 6) is -0.345. The number of fused-ring (bicyclic) bond motifs is 1. The molecule has 106 valence electrons.